The van der Waals surface area contributed by atoms with E-state index >= 15 is 0 Å². The van der Waals surface area contributed by atoms with Crippen molar-refractivity contribution in [2.24, 2.45) is 5.73 Å². The number of anilines is 1. The number of hydrogen-bond donors (Lipinski definition) is 2. The van der Waals surface area contributed by atoms with E-state index in [-0.39, 0.29) is 35.1 Å². The number of para-hydroxylation sites is 1. The van der Waals surface area contributed by atoms with Crippen molar-refractivity contribution in [3.63, 3.8) is 0 Å². The number of benzene rings is 2. The van der Waals surface area contributed by atoms with Gasteiger partial charge in [-0.2, -0.15) is 0 Å². The van der Waals surface area contributed by atoms with E-state index in [9.17, 15) is 13.2 Å². The molecular formula is C16H18N2O5S. The summed E-state index contributed by atoms with van der Waals surface area (Å²) in [5.41, 5.74) is 5.78. The number of methoxy groups -OCH3 is 1. The van der Waals surface area contributed by atoms with Crippen LogP contribution in [0, 0.1) is 0 Å². The van der Waals surface area contributed by atoms with Gasteiger partial charge in [-0.15, -0.1) is 0 Å². The Morgan fingerprint density at radius 2 is 1.83 bits per heavy atom. The van der Waals surface area contributed by atoms with Gasteiger partial charge in [0.15, 0.2) is 11.5 Å². The number of Topliss-reactive ketones (excluding diaryl/α,β-unsaturated/α-hetero) is 1. The molecule has 7 nitrogen and oxygen atoms in total. The van der Waals surface area contributed by atoms with Crippen LogP contribution in [-0.2, 0) is 10.0 Å². The first-order valence-electron chi connectivity index (χ1n) is 7.00. The molecule has 0 amide bonds. The number of ketones is 1. The number of carbonyl (C=O) groups excluding carboxylic acids is 1. The quantitative estimate of drug-likeness (QED) is 0.740. The fraction of sp³-hybridized carbons (Fsp3) is 0.188. The molecule has 2 aromatic rings. The van der Waals surface area contributed by atoms with E-state index in [0.717, 1.165) is 6.26 Å². The highest BCUT2D eigenvalue weighted by atomic mass is 32.2. The third kappa shape index (κ3) is 4.46. The van der Waals surface area contributed by atoms with Crippen molar-refractivity contribution in [1.29, 1.82) is 0 Å². The fourth-order valence-electron chi connectivity index (χ4n) is 2.04. The lowest BCUT2D eigenvalue weighted by atomic mass is 10.1. The lowest BCUT2D eigenvalue weighted by Gasteiger charge is -2.16. The summed E-state index contributed by atoms with van der Waals surface area (Å²) in [5, 5.41) is 0. The lowest BCUT2D eigenvalue weighted by molar-refractivity contribution is 0.0998. The molecule has 0 heterocycles. The second-order valence-electron chi connectivity index (χ2n) is 4.97. The Hall–Kier alpha value is -2.58. The Morgan fingerprint density at radius 3 is 2.38 bits per heavy atom. The Bertz CT molecular complexity index is 835. The van der Waals surface area contributed by atoms with Crippen molar-refractivity contribution >= 4 is 21.5 Å². The maximum atomic E-state index is 12.0. The molecule has 0 bridgehead atoms. The predicted molar refractivity (Wildman–Crippen MR) is 91.4 cm³/mol. The van der Waals surface area contributed by atoms with Crippen LogP contribution in [0.1, 0.15) is 10.4 Å². The molecule has 0 spiro atoms. The molecule has 0 radical (unpaired) electrons. The summed E-state index contributed by atoms with van der Waals surface area (Å²) in [5.74, 6) is 0.516. The van der Waals surface area contributed by atoms with Crippen LogP contribution >= 0.6 is 0 Å². The summed E-state index contributed by atoms with van der Waals surface area (Å²) in [7, 11) is -2.17. The van der Waals surface area contributed by atoms with Crippen LogP contribution in [0.25, 0.3) is 0 Å². The smallest absolute Gasteiger partial charge is 0.229 e. The minimum atomic E-state index is -3.55. The zero-order chi connectivity index (χ0) is 17.7. The van der Waals surface area contributed by atoms with E-state index in [4.69, 9.17) is 15.2 Å². The number of carbonyl (C=O) groups is 1. The summed E-state index contributed by atoms with van der Waals surface area (Å²) in [6, 6.07) is 11.6. The number of hydrogen-bond acceptors (Lipinski definition) is 6. The van der Waals surface area contributed by atoms with Crippen molar-refractivity contribution in [3.05, 3.63) is 48.0 Å². The Kier molecular flexibility index (Phi) is 5.42. The average molecular weight is 350 g/mol. The molecule has 128 valence electrons. The van der Waals surface area contributed by atoms with Crippen LogP contribution in [0.2, 0.25) is 0 Å². The van der Waals surface area contributed by atoms with Gasteiger partial charge in [0.2, 0.25) is 10.0 Å². The highest BCUT2D eigenvalue weighted by molar-refractivity contribution is 7.92. The molecule has 0 atom stereocenters. The van der Waals surface area contributed by atoms with Crippen LogP contribution in [0.4, 0.5) is 5.69 Å². The van der Waals surface area contributed by atoms with Gasteiger partial charge in [0.1, 0.15) is 11.5 Å². The van der Waals surface area contributed by atoms with Gasteiger partial charge in [0, 0.05) is 6.07 Å². The van der Waals surface area contributed by atoms with Crippen molar-refractivity contribution in [1.82, 2.24) is 0 Å². The van der Waals surface area contributed by atoms with Gasteiger partial charge in [0.05, 0.1) is 31.2 Å². The molecule has 0 fully saturated rings. The minimum Gasteiger partial charge on any atom is -0.496 e. The van der Waals surface area contributed by atoms with Crippen molar-refractivity contribution in [2.45, 2.75) is 0 Å². The monoisotopic (exact) mass is 350 g/mol. The second kappa shape index (κ2) is 7.33. The molecule has 3 N–H and O–H groups in total. The summed E-state index contributed by atoms with van der Waals surface area (Å²) in [6.45, 7) is -0.208. The molecule has 8 heteroatoms. The van der Waals surface area contributed by atoms with Crippen molar-refractivity contribution < 1.29 is 22.7 Å². The molecular weight excluding hydrogens is 332 g/mol. The molecule has 0 aliphatic carbocycles. The van der Waals surface area contributed by atoms with Gasteiger partial charge in [-0.3, -0.25) is 9.52 Å². The number of rotatable bonds is 7. The minimum absolute atomic E-state index is 0.159. The summed E-state index contributed by atoms with van der Waals surface area (Å²) < 4.78 is 36.4. The molecule has 0 saturated carbocycles. The van der Waals surface area contributed by atoms with Crippen LogP contribution < -0.4 is 19.9 Å². The highest BCUT2D eigenvalue weighted by Gasteiger charge is 2.18. The summed E-state index contributed by atoms with van der Waals surface area (Å²) in [4.78, 5) is 12.0. The van der Waals surface area contributed by atoms with E-state index in [0.29, 0.717) is 5.75 Å². The van der Waals surface area contributed by atoms with E-state index in [1.807, 2.05) is 6.07 Å². The molecule has 0 aliphatic heterocycles. The first-order valence-corrected chi connectivity index (χ1v) is 8.89. The fourth-order valence-corrected chi connectivity index (χ4v) is 2.60. The van der Waals surface area contributed by atoms with Crippen molar-refractivity contribution in [2.75, 3.05) is 24.6 Å². The Balaban J connectivity index is 2.56. The molecule has 0 unspecified atom stereocenters. The largest absolute Gasteiger partial charge is 0.496 e. The summed E-state index contributed by atoms with van der Waals surface area (Å²) in [6.07, 6.45) is 1.02. The van der Waals surface area contributed by atoms with Gasteiger partial charge < -0.3 is 15.2 Å². The molecule has 2 aromatic carbocycles. The standard InChI is InChI=1S/C16H18N2O5S/c1-22-15-9-13(18-24(2,20)21)16(8-12(15)14(19)10-17)23-11-6-4-3-5-7-11/h3-9,18H,10,17H2,1-2H3. The predicted octanol–water partition coefficient (Wildman–Crippen LogP) is 2.00. The number of sulfonamides is 1. The number of nitrogens with two attached hydrogens (primary N) is 1. The van der Waals surface area contributed by atoms with E-state index in [2.05, 4.69) is 4.72 Å². The Labute approximate surface area is 140 Å². The van der Waals surface area contributed by atoms with Crippen LogP contribution in [0.15, 0.2) is 42.5 Å². The Morgan fingerprint density at radius 1 is 1.17 bits per heavy atom. The van der Waals surface area contributed by atoms with Gasteiger partial charge in [0.25, 0.3) is 0 Å². The maximum absolute atomic E-state index is 12.0. The molecule has 0 aromatic heterocycles. The first-order chi connectivity index (χ1) is 11.3. The van der Waals surface area contributed by atoms with Crippen LogP contribution in [-0.4, -0.2) is 34.1 Å². The normalized spacial score (nSPS) is 11.0. The van der Waals surface area contributed by atoms with Crippen LogP contribution in [0.3, 0.4) is 0 Å². The number of ether oxygens (including phenoxy) is 2. The zero-order valence-corrected chi connectivity index (χ0v) is 14.1. The summed E-state index contributed by atoms with van der Waals surface area (Å²) >= 11 is 0. The van der Waals surface area contributed by atoms with Gasteiger partial charge in [-0.1, -0.05) is 18.2 Å². The zero-order valence-electron chi connectivity index (χ0n) is 13.3. The number of nitrogens with one attached hydrogen (secondary N) is 1. The third-order valence-corrected chi connectivity index (χ3v) is 3.64. The SMILES string of the molecule is COc1cc(NS(C)(=O)=O)c(Oc2ccccc2)cc1C(=O)CN. The molecule has 24 heavy (non-hydrogen) atoms. The highest BCUT2D eigenvalue weighted by Crippen LogP contribution is 2.36. The van der Waals surface area contributed by atoms with Gasteiger partial charge in [-0.05, 0) is 18.2 Å². The van der Waals surface area contributed by atoms with Gasteiger partial charge in [-0.25, -0.2) is 8.42 Å². The van der Waals surface area contributed by atoms with Gasteiger partial charge >= 0.3 is 0 Å². The van der Waals surface area contributed by atoms with E-state index in [1.165, 1.54) is 19.2 Å². The molecule has 0 saturated heterocycles. The third-order valence-electron chi connectivity index (χ3n) is 3.05. The average Bonchev–Trinajstić information content (AvgIpc) is 2.55. The first kappa shape index (κ1) is 17.8. The molecule has 0 aliphatic rings. The van der Waals surface area contributed by atoms with E-state index < -0.39 is 10.0 Å². The maximum Gasteiger partial charge on any atom is 0.229 e. The van der Waals surface area contributed by atoms with Crippen LogP contribution in [0.5, 0.6) is 17.2 Å². The second-order valence-corrected chi connectivity index (χ2v) is 6.71. The van der Waals surface area contributed by atoms with E-state index in [1.54, 1.807) is 24.3 Å². The van der Waals surface area contributed by atoms with Crippen molar-refractivity contribution in [3.8, 4) is 17.2 Å². The lowest BCUT2D eigenvalue weighted by Crippen LogP contribution is -2.16. The molecule has 2 rings (SSSR count). The topological polar surface area (TPSA) is 108 Å².